The lowest BCUT2D eigenvalue weighted by Crippen LogP contribution is -2.30. The van der Waals surface area contributed by atoms with Crippen LogP contribution < -0.4 is 10.1 Å². The molecule has 0 saturated carbocycles. The first-order chi connectivity index (χ1) is 9.99. The summed E-state index contributed by atoms with van der Waals surface area (Å²) in [6.45, 7) is 1.62. The molecular weight excluding hydrogens is 333 g/mol. The van der Waals surface area contributed by atoms with Gasteiger partial charge in [0.1, 0.15) is 5.75 Å². The summed E-state index contributed by atoms with van der Waals surface area (Å²) < 4.78 is 5.53. The number of nitrogens with one attached hydrogen (secondary N) is 1. The summed E-state index contributed by atoms with van der Waals surface area (Å²) in [7, 11) is 0. The van der Waals surface area contributed by atoms with Gasteiger partial charge in [0.2, 0.25) is 0 Å². The van der Waals surface area contributed by atoms with Crippen LogP contribution in [0.5, 0.6) is 5.75 Å². The summed E-state index contributed by atoms with van der Waals surface area (Å²) in [5.41, 5.74) is 0.434. The zero-order chi connectivity index (χ0) is 15.4. The summed E-state index contributed by atoms with van der Waals surface area (Å²) in [5, 5.41) is 3.77. The van der Waals surface area contributed by atoms with E-state index < -0.39 is 6.10 Å². The zero-order valence-electron chi connectivity index (χ0n) is 11.1. The molecule has 3 nitrogen and oxygen atoms in total. The molecule has 2 aromatic rings. The maximum absolute atomic E-state index is 12.1. The molecular formula is C15H12Cl3NO2. The van der Waals surface area contributed by atoms with Gasteiger partial charge in [-0.05, 0) is 31.2 Å². The minimum absolute atomic E-state index is 0.289. The maximum atomic E-state index is 12.1. The fourth-order valence-electron chi connectivity index (χ4n) is 1.62. The van der Waals surface area contributed by atoms with E-state index in [0.717, 1.165) is 0 Å². The first-order valence-corrected chi connectivity index (χ1v) is 7.28. The van der Waals surface area contributed by atoms with Crippen molar-refractivity contribution in [3.05, 3.63) is 57.5 Å². The molecule has 0 aliphatic heterocycles. The van der Waals surface area contributed by atoms with E-state index in [1.807, 2.05) is 0 Å². The van der Waals surface area contributed by atoms with Crippen LogP contribution in [0, 0.1) is 0 Å². The standard InChI is InChI=1S/C15H12Cl3NO2/c1-9(21-13-8-3-2-5-10(13)16)15(20)19-12-7-4-6-11(17)14(12)18/h2-9H,1H3,(H,19,20). The Morgan fingerprint density at radius 3 is 2.43 bits per heavy atom. The van der Waals surface area contributed by atoms with E-state index in [9.17, 15) is 4.79 Å². The number of halogens is 3. The van der Waals surface area contributed by atoms with Gasteiger partial charge >= 0.3 is 0 Å². The Kier molecular flexibility index (Phi) is 5.34. The quantitative estimate of drug-likeness (QED) is 0.842. The van der Waals surface area contributed by atoms with E-state index in [4.69, 9.17) is 39.5 Å². The van der Waals surface area contributed by atoms with Crippen LogP contribution in [0.2, 0.25) is 15.1 Å². The predicted molar refractivity (Wildman–Crippen MR) is 86.6 cm³/mol. The lowest BCUT2D eigenvalue weighted by molar-refractivity contribution is -0.122. The highest BCUT2D eigenvalue weighted by Gasteiger charge is 2.17. The minimum Gasteiger partial charge on any atom is -0.479 e. The molecule has 6 heteroatoms. The molecule has 1 amide bonds. The number of carbonyl (C=O) groups is 1. The van der Waals surface area contributed by atoms with Gasteiger partial charge in [-0.25, -0.2) is 0 Å². The first-order valence-electron chi connectivity index (χ1n) is 6.15. The second-order valence-corrected chi connectivity index (χ2v) is 5.47. The molecule has 21 heavy (non-hydrogen) atoms. The van der Waals surface area contributed by atoms with E-state index in [0.29, 0.717) is 21.5 Å². The average molecular weight is 345 g/mol. The fraction of sp³-hybridized carbons (Fsp3) is 0.133. The van der Waals surface area contributed by atoms with Gasteiger partial charge in [0.05, 0.1) is 20.8 Å². The Morgan fingerprint density at radius 1 is 1.05 bits per heavy atom. The van der Waals surface area contributed by atoms with Crippen LogP contribution >= 0.6 is 34.8 Å². The molecule has 0 heterocycles. The van der Waals surface area contributed by atoms with E-state index in [1.54, 1.807) is 49.4 Å². The van der Waals surface area contributed by atoms with Gasteiger partial charge in [-0.2, -0.15) is 0 Å². The SMILES string of the molecule is CC(Oc1ccccc1Cl)C(=O)Nc1cccc(Cl)c1Cl. The first kappa shape index (κ1) is 16.0. The van der Waals surface area contributed by atoms with E-state index >= 15 is 0 Å². The lowest BCUT2D eigenvalue weighted by atomic mass is 10.3. The zero-order valence-corrected chi connectivity index (χ0v) is 13.3. The van der Waals surface area contributed by atoms with Crippen molar-refractivity contribution in [2.45, 2.75) is 13.0 Å². The van der Waals surface area contributed by atoms with Gasteiger partial charge in [-0.3, -0.25) is 4.79 Å². The topological polar surface area (TPSA) is 38.3 Å². The molecule has 0 aromatic heterocycles. The average Bonchev–Trinajstić information content (AvgIpc) is 2.46. The number of rotatable bonds is 4. The molecule has 0 aliphatic carbocycles. The smallest absolute Gasteiger partial charge is 0.265 e. The fourth-order valence-corrected chi connectivity index (χ4v) is 2.15. The molecule has 1 unspecified atom stereocenters. The van der Waals surface area contributed by atoms with Crippen LogP contribution in [0.1, 0.15) is 6.92 Å². The van der Waals surface area contributed by atoms with Gasteiger partial charge < -0.3 is 10.1 Å². The van der Waals surface area contributed by atoms with Crippen LogP contribution in [-0.4, -0.2) is 12.0 Å². The third-order valence-electron chi connectivity index (χ3n) is 2.72. The Labute approximate surface area is 137 Å². The second-order valence-electron chi connectivity index (χ2n) is 4.28. The number of carbonyl (C=O) groups excluding carboxylic acids is 1. The number of ether oxygens (including phenoxy) is 1. The molecule has 0 saturated heterocycles. The Morgan fingerprint density at radius 2 is 1.71 bits per heavy atom. The van der Waals surface area contributed by atoms with Crippen molar-refractivity contribution in [2.24, 2.45) is 0 Å². The van der Waals surface area contributed by atoms with Crippen molar-refractivity contribution in [1.29, 1.82) is 0 Å². The molecule has 2 rings (SSSR count). The maximum Gasteiger partial charge on any atom is 0.265 e. The van der Waals surface area contributed by atoms with Gasteiger partial charge in [0.25, 0.3) is 5.91 Å². The molecule has 0 spiro atoms. The largest absolute Gasteiger partial charge is 0.479 e. The van der Waals surface area contributed by atoms with Crippen molar-refractivity contribution >= 4 is 46.4 Å². The van der Waals surface area contributed by atoms with Gasteiger partial charge in [0.15, 0.2) is 6.10 Å². The Bertz CT molecular complexity index is 661. The van der Waals surface area contributed by atoms with Crippen LogP contribution in [0.3, 0.4) is 0 Å². The minimum atomic E-state index is -0.736. The highest BCUT2D eigenvalue weighted by Crippen LogP contribution is 2.30. The number of benzene rings is 2. The van der Waals surface area contributed by atoms with Crippen LogP contribution in [0.15, 0.2) is 42.5 Å². The van der Waals surface area contributed by atoms with Crippen molar-refractivity contribution in [3.63, 3.8) is 0 Å². The third-order valence-corrected chi connectivity index (χ3v) is 3.85. The number of hydrogen-bond donors (Lipinski definition) is 1. The van der Waals surface area contributed by atoms with Crippen LogP contribution in [0.25, 0.3) is 0 Å². The molecule has 0 fully saturated rings. The van der Waals surface area contributed by atoms with E-state index in [-0.39, 0.29) is 10.9 Å². The third kappa shape index (κ3) is 4.03. The van der Waals surface area contributed by atoms with Gasteiger partial charge in [-0.15, -0.1) is 0 Å². The monoisotopic (exact) mass is 343 g/mol. The Hall–Kier alpha value is -1.42. The highest BCUT2D eigenvalue weighted by molar-refractivity contribution is 6.44. The molecule has 1 atom stereocenters. The van der Waals surface area contributed by atoms with E-state index in [2.05, 4.69) is 5.32 Å². The molecule has 0 radical (unpaired) electrons. The second kappa shape index (κ2) is 7.03. The van der Waals surface area contributed by atoms with E-state index in [1.165, 1.54) is 0 Å². The number of anilines is 1. The predicted octanol–water partition coefficient (Wildman–Crippen LogP) is 5.05. The van der Waals surface area contributed by atoms with Gasteiger partial charge in [0, 0.05) is 0 Å². The van der Waals surface area contributed by atoms with Crippen molar-refractivity contribution in [2.75, 3.05) is 5.32 Å². The normalized spacial score (nSPS) is 11.8. The number of para-hydroxylation sites is 1. The number of amides is 1. The number of hydrogen-bond acceptors (Lipinski definition) is 2. The highest BCUT2D eigenvalue weighted by atomic mass is 35.5. The molecule has 1 N–H and O–H groups in total. The molecule has 0 aliphatic rings. The molecule has 2 aromatic carbocycles. The van der Waals surface area contributed by atoms with Crippen molar-refractivity contribution in [1.82, 2.24) is 0 Å². The molecule has 0 bridgehead atoms. The van der Waals surface area contributed by atoms with Crippen molar-refractivity contribution in [3.8, 4) is 5.75 Å². The summed E-state index contributed by atoms with van der Waals surface area (Å²) in [6.07, 6.45) is -0.736. The summed E-state index contributed by atoms with van der Waals surface area (Å²) in [6, 6.07) is 11.9. The lowest BCUT2D eigenvalue weighted by Gasteiger charge is -2.16. The van der Waals surface area contributed by atoms with Crippen molar-refractivity contribution < 1.29 is 9.53 Å². The summed E-state index contributed by atoms with van der Waals surface area (Å²) in [5.74, 6) is 0.0955. The van der Waals surface area contributed by atoms with Gasteiger partial charge in [-0.1, -0.05) is 53.0 Å². The molecule has 110 valence electrons. The van der Waals surface area contributed by atoms with Crippen LogP contribution in [-0.2, 0) is 4.79 Å². The summed E-state index contributed by atoms with van der Waals surface area (Å²) >= 11 is 17.9. The summed E-state index contributed by atoms with van der Waals surface area (Å²) in [4.78, 5) is 12.1. The Balaban J connectivity index is 2.06. The van der Waals surface area contributed by atoms with Crippen LogP contribution in [0.4, 0.5) is 5.69 Å².